The van der Waals surface area contributed by atoms with E-state index in [2.05, 4.69) is 0 Å². The Morgan fingerprint density at radius 2 is 2.21 bits per heavy atom. The second-order valence-electron chi connectivity index (χ2n) is 4.68. The summed E-state index contributed by atoms with van der Waals surface area (Å²) in [5.41, 5.74) is 0. The highest BCUT2D eigenvalue weighted by molar-refractivity contribution is 7.15. The molecule has 0 aromatic carbocycles. The lowest BCUT2D eigenvalue weighted by Gasteiger charge is -2.32. The van der Waals surface area contributed by atoms with Gasteiger partial charge in [-0.25, -0.2) is 4.79 Å². The standard InChI is InChI=1S/C13H17NO4S/c1-18-8-9-3-2-6-14(7-9)12(15)10-4-5-11(19-10)13(16)17/h4-5,9H,2-3,6-8H2,1H3,(H,16,17)/t9-/m0/s1. The molecule has 2 rings (SSSR count). The topological polar surface area (TPSA) is 66.8 Å². The van der Waals surface area contributed by atoms with E-state index in [9.17, 15) is 9.59 Å². The van der Waals surface area contributed by atoms with E-state index < -0.39 is 5.97 Å². The van der Waals surface area contributed by atoms with Crippen LogP contribution in [0.4, 0.5) is 0 Å². The monoisotopic (exact) mass is 283 g/mol. The first kappa shape index (κ1) is 14.0. The zero-order valence-corrected chi connectivity index (χ0v) is 11.6. The Hall–Kier alpha value is -1.40. The Labute approximate surface area is 115 Å². The fourth-order valence-electron chi connectivity index (χ4n) is 2.34. The van der Waals surface area contributed by atoms with E-state index in [4.69, 9.17) is 9.84 Å². The van der Waals surface area contributed by atoms with Crippen LogP contribution in [-0.2, 0) is 4.74 Å². The molecule has 1 N–H and O–H groups in total. The number of carbonyl (C=O) groups excluding carboxylic acids is 1. The van der Waals surface area contributed by atoms with E-state index in [-0.39, 0.29) is 10.8 Å². The van der Waals surface area contributed by atoms with Gasteiger partial charge in [0.25, 0.3) is 5.91 Å². The Balaban J connectivity index is 2.03. The van der Waals surface area contributed by atoms with Gasteiger partial charge in [-0.3, -0.25) is 4.79 Å². The van der Waals surface area contributed by atoms with Crippen LogP contribution >= 0.6 is 11.3 Å². The Morgan fingerprint density at radius 3 is 2.84 bits per heavy atom. The van der Waals surface area contributed by atoms with Crippen LogP contribution in [-0.4, -0.2) is 48.7 Å². The first-order valence-electron chi connectivity index (χ1n) is 6.23. The van der Waals surface area contributed by atoms with E-state index in [0.717, 1.165) is 30.7 Å². The molecule has 1 atom stereocenters. The molecule has 1 aromatic heterocycles. The molecule has 1 aromatic rings. The number of carboxylic acid groups (broad SMARTS) is 1. The molecule has 0 radical (unpaired) electrons. The number of likely N-dealkylation sites (tertiary alicyclic amines) is 1. The van der Waals surface area contributed by atoms with Gasteiger partial charge in [-0.2, -0.15) is 0 Å². The van der Waals surface area contributed by atoms with Crippen LogP contribution in [0.2, 0.25) is 0 Å². The predicted octanol–water partition coefficient (Wildman–Crippen LogP) is 1.94. The van der Waals surface area contributed by atoms with Crippen molar-refractivity contribution in [2.24, 2.45) is 5.92 Å². The molecule has 104 valence electrons. The van der Waals surface area contributed by atoms with Gasteiger partial charge in [-0.15, -0.1) is 11.3 Å². The Bertz CT molecular complexity index is 469. The number of carbonyl (C=O) groups is 2. The summed E-state index contributed by atoms with van der Waals surface area (Å²) >= 11 is 1.04. The highest BCUT2D eigenvalue weighted by Gasteiger charge is 2.25. The van der Waals surface area contributed by atoms with Gasteiger partial charge in [0.1, 0.15) is 4.88 Å². The van der Waals surface area contributed by atoms with Gasteiger partial charge in [-0.1, -0.05) is 0 Å². The number of ether oxygens (including phenoxy) is 1. The highest BCUT2D eigenvalue weighted by Crippen LogP contribution is 2.22. The summed E-state index contributed by atoms with van der Waals surface area (Å²) in [5.74, 6) is -0.681. The zero-order chi connectivity index (χ0) is 13.8. The first-order valence-corrected chi connectivity index (χ1v) is 7.05. The summed E-state index contributed by atoms with van der Waals surface area (Å²) in [5, 5.41) is 8.87. The van der Waals surface area contributed by atoms with Crippen LogP contribution in [0.25, 0.3) is 0 Å². The third kappa shape index (κ3) is 3.33. The summed E-state index contributed by atoms with van der Waals surface area (Å²) in [7, 11) is 1.67. The summed E-state index contributed by atoms with van der Waals surface area (Å²) in [6.45, 7) is 2.08. The fourth-order valence-corrected chi connectivity index (χ4v) is 3.16. The van der Waals surface area contributed by atoms with Crippen molar-refractivity contribution in [3.05, 3.63) is 21.9 Å². The number of rotatable bonds is 4. The number of thiophene rings is 1. The summed E-state index contributed by atoms with van der Waals surface area (Å²) in [6.07, 6.45) is 2.04. The smallest absolute Gasteiger partial charge is 0.345 e. The van der Waals surface area contributed by atoms with E-state index in [0.29, 0.717) is 23.9 Å². The molecule has 1 fully saturated rings. The maximum Gasteiger partial charge on any atom is 0.345 e. The maximum absolute atomic E-state index is 12.3. The molecule has 2 heterocycles. The molecular weight excluding hydrogens is 266 g/mol. The largest absolute Gasteiger partial charge is 0.477 e. The van der Waals surface area contributed by atoms with Crippen molar-refractivity contribution in [2.75, 3.05) is 26.8 Å². The SMILES string of the molecule is COC[C@H]1CCCN(C(=O)c2ccc(C(=O)O)s2)C1. The molecule has 0 spiro atoms. The molecule has 1 amide bonds. The molecule has 0 bridgehead atoms. The number of piperidine rings is 1. The average molecular weight is 283 g/mol. The quantitative estimate of drug-likeness (QED) is 0.917. The van der Waals surface area contributed by atoms with Crippen molar-refractivity contribution in [3.8, 4) is 0 Å². The van der Waals surface area contributed by atoms with Gasteiger partial charge in [0.15, 0.2) is 0 Å². The highest BCUT2D eigenvalue weighted by atomic mass is 32.1. The molecule has 5 nitrogen and oxygen atoms in total. The second-order valence-corrected chi connectivity index (χ2v) is 5.77. The lowest BCUT2D eigenvalue weighted by Crippen LogP contribution is -2.40. The molecule has 0 saturated carbocycles. The van der Waals surface area contributed by atoms with Gasteiger partial charge >= 0.3 is 5.97 Å². The molecule has 19 heavy (non-hydrogen) atoms. The zero-order valence-electron chi connectivity index (χ0n) is 10.8. The van der Waals surface area contributed by atoms with Gasteiger partial charge in [-0.05, 0) is 30.9 Å². The lowest BCUT2D eigenvalue weighted by molar-refractivity contribution is 0.0575. The number of hydrogen-bond donors (Lipinski definition) is 1. The predicted molar refractivity (Wildman–Crippen MR) is 71.8 cm³/mol. The van der Waals surface area contributed by atoms with Crippen LogP contribution in [0.15, 0.2) is 12.1 Å². The number of aromatic carboxylic acids is 1. The van der Waals surface area contributed by atoms with Crippen molar-refractivity contribution < 1.29 is 19.4 Å². The van der Waals surface area contributed by atoms with Gasteiger partial charge in [0, 0.05) is 20.2 Å². The summed E-state index contributed by atoms with van der Waals surface area (Å²) < 4.78 is 5.14. The van der Waals surface area contributed by atoms with Crippen molar-refractivity contribution >= 4 is 23.2 Å². The molecular formula is C13H17NO4S. The van der Waals surface area contributed by atoms with Crippen LogP contribution in [0, 0.1) is 5.92 Å². The number of nitrogens with zero attached hydrogens (tertiary/aromatic N) is 1. The normalized spacial score (nSPS) is 19.4. The molecule has 1 saturated heterocycles. The molecule has 6 heteroatoms. The fraction of sp³-hybridized carbons (Fsp3) is 0.538. The van der Waals surface area contributed by atoms with E-state index in [1.54, 1.807) is 18.1 Å². The summed E-state index contributed by atoms with van der Waals surface area (Å²) in [4.78, 5) is 25.6. The van der Waals surface area contributed by atoms with Crippen molar-refractivity contribution in [1.29, 1.82) is 0 Å². The van der Waals surface area contributed by atoms with Crippen molar-refractivity contribution in [1.82, 2.24) is 4.90 Å². The minimum absolute atomic E-state index is 0.0710. The molecule has 1 aliphatic heterocycles. The van der Waals surface area contributed by atoms with Crippen LogP contribution in [0.1, 0.15) is 32.2 Å². The van der Waals surface area contributed by atoms with Crippen molar-refractivity contribution in [2.45, 2.75) is 12.8 Å². The van der Waals surface area contributed by atoms with Gasteiger partial charge in [0.2, 0.25) is 0 Å². The minimum atomic E-state index is -0.986. The first-order chi connectivity index (χ1) is 9.11. The van der Waals surface area contributed by atoms with E-state index in [1.807, 2.05) is 0 Å². The second kappa shape index (κ2) is 6.16. The average Bonchev–Trinajstić information content (AvgIpc) is 2.88. The maximum atomic E-state index is 12.3. The Kier molecular flexibility index (Phi) is 4.55. The summed E-state index contributed by atoms with van der Waals surface area (Å²) in [6, 6.07) is 3.08. The van der Waals surface area contributed by atoms with Crippen LogP contribution < -0.4 is 0 Å². The number of amides is 1. The van der Waals surface area contributed by atoms with E-state index >= 15 is 0 Å². The van der Waals surface area contributed by atoms with Crippen LogP contribution in [0.3, 0.4) is 0 Å². The van der Waals surface area contributed by atoms with E-state index in [1.165, 1.54) is 6.07 Å². The van der Waals surface area contributed by atoms with Crippen molar-refractivity contribution in [3.63, 3.8) is 0 Å². The van der Waals surface area contributed by atoms with Gasteiger partial charge in [0.05, 0.1) is 11.5 Å². The third-order valence-corrected chi connectivity index (χ3v) is 4.30. The number of methoxy groups -OCH3 is 1. The number of carboxylic acids is 1. The Morgan fingerprint density at radius 1 is 1.47 bits per heavy atom. The molecule has 0 unspecified atom stereocenters. The minimum Gasteiger partial charge on any atom is -0.477 e. The molecule has 1 aliphatic rings. The van der Waals surface area contributed by atoms with Gasteiger partial charge < -0.3 is 14.7 Å². The number of hydrogen-bond acceptors (Lipinski definition) is 4. The molecule has 0 aliphatic carbocycles. The lowest BCUT2D eigenvalue weighted by atomic mass is 9.99. The van der Waals surface area contributed by atoms with Crippen LogP contribution in [0.5, 0.6) is 0 Å². The third-order valence-electron chi connectivity index (χ3n) is 3.24.